The van der Waals surface area contributed by atoms with Gasteiger partial charge in [-0.2, -0.15) is 0 Å². The van der Waals surface area contributed by atoms with Gasteiger partial charge in [0, 0.05) is 48.0 Å². The highest BCUT2D eigenvalue weighted by Gasteiger charge is 2.37. The van der Waals surface area contributed by atoms with E-state index < -0.39 is 0 Å². The molecule has 0 unspecified atom stereocenters. The number of nitrogens with zero attached hydrogens (tertiary/aromatic N) is 1. The minimum atomic E-state index is -0.132. The molecule has 0 spiro atoms. The molecule has 0 atom stereocenters. The first kappa shape index (κ1) is 35.7. The van der Waals surface area contributed by atoms with Gasteiger partial charge in [-0.25, -0.2) is 0 Å². The van der Waals surface area contributed by atoms with Crippen LogP contribution in [0.25, 0.3) is 75.1 Å². The van der Waals surface area contributed by atoms with Crippen LogP contribution >= 0.6 is 11.3 Å². The van der Waals surface area contributed by atoms with Crippen molar-refractivity contribution in [2.24, 2.45) is 0 Å². The van der Waals surface area contributed by atoms with Crippen LogP contribution in [0.3, 0.4) is 0 Å². The van der Waals surface area contributed by atoms with Crippen molar-refractivity contribution in [2.75, 3.05) is 4.90 Å². The van der Waals surface area contributed by atoms with Gasteiger partial charge >= 0.3 is 0 Å². The molecule has 1 nitrogen and oxygen atoms in total. The van der Waals surface area contributed by atoms with Gasteiger partial charge in [0.2, 0.25) is 0 Å². The number of thiophene rings is 1. The second kappa shape index (κ2) is 13.3. The molecule has 10 aromatic rings. The van der Waals surface area contributed by atoms with Gasteiger partial charge in [-0.05, 0) is 109 Å². The topological polar surface area (TPSA) is 3.24 Å². The highest BCUT2D eigenvalue weighted by atomic mass is 32.1. The number of fused-ring (bicyclic) bond motifs is 8. The van der Waals surface area contributed by atoms with Crippen molar-refractivity contribution in [1.29, 1.82) is 0 Å². The molecule has 11 rings (SSSR count). The summed E-state index contributed by atoms with van der Waals surface area (Å²) in [6, 6.07) is 68.3. The van der Waals surface area contributed by atoms with Crippen LogP contribution in [0.5, 0.6) is 0 Å². The molecular formula is C57H45NS. The largest absolute Gasteiger partial charge is 0.309 e. The molecular weight excluding hydrogens is 731 g/mol. The van der Waals surface area contributed by atoms with Crippen molar-refractivity contribution < 1.29 is 0 Å². The summed E-state index contributed by atoms with van der Waals surface area (Å²) in [7, 11) is 0. The average molecular weight is 776 g/mol. The molecule has 1 aliphatic rings. The van der Waals surface area contributed by atoms with Gasteiger partial charge in [-0.15, -0.1) is 11.3 Å². The maximum Gasteiger partial charge on any atom is 0.0547 e. The number of hydrogen-bond acceptors (Lipinski definition) is 2. The third kappa shape index (κ3) is 5.65. The van der Waals surface area contributed by atoms with Crippen LogP contribution in [0.2, 0.25) is 0 Å². The van der Waals surface area contributed by atoms with Gasteiger partial charge in [0.05, 0.1) is 11.4 Å². The maximum absolute atomic E-state index is 2.56. The summed E-state index contributed by atoms with van der Waals surface area (Å²) < 4.78 is 2.62. The molecule has 1 aromatic heterocycles. The van der Waals surface area contributed by atoms with Gasteiger partial charge in [0.15, 0.2) is 0 Å². The van der Waals surface area contributed by atoms with E-state index in [1.54, 1.807) is 0 Å². The highest BCUT2D eigenvalue weighted by Crippen LogP contribution is 2.54. The van der Waals surface area contributed by atoms with Gasteiger partial charge < -0.3 is 4.90 Å². The van der Waals surface area contributed by atoms with Crippen molar-refractivity contribution in [1.82, 2.24) is 0 Å². The molecule has 284 valence electrons. The summed E-state index contributed by atoms with van der Waals surface area (Å²) in [6.07, 6.45) is 0. The lowest BCUT2D eigenvalue weighted by molar-refractivity contribution is 0.590. The first-order chi connectivity index (χ1) is 28.6. The molecule has 0 fully saturated rings. The summed E-state index contributed by atoms with van der Waals surface area (Å²) >= 11 is 1.90. The Morgan fingerprint density at radius 3 is 1.92 bits per heavy atom. The molecule has 0 radical (unpaired) electrons. The van der Waals surface area contributed by atoms with E-state index in [0.29, 0.717) is 0 Å². The van der Waals surface area contributed by atoms with Crippen molar-refractivity contribution in [3.63, 3.8) is 0 Å². The molecule has 0 aliphatic heterocycles. The first-order valence-electron chi connectivity index (χ1n) is 20.8. The van der Waals surface area contributed by atoms with Gasteiger partial charge in [-0.3, -0.25) is 0 Å². The van der Waals surface area contributed by atoms with E-state index in [1.165, 1.54) is 91.8 Å². The Labute approximate surface area is 350 Å². The van der Waals surface area contributed by atoms with E-state index in [9.17, 15) is 0 Å². The Bertz CT molecular complexity index is 3290. The number of anilines is 3. The van der Waals surface area contributed by atoms with Crippen LogP contribution in [0, 0.1) is 0 Å². The van der Waals surface area contributed by atoms with Crippen LogP contribution in [0.15, 0.2) is 182 Å². The van der Waals surface area contributed by atoms with E-state index in [-0.39, 0.29) is 10.8 Å². The average Bonchev–Trinajstić information content (AvgIpc) is 3.74. The minimum absolute atomic E-state index is 0.0243. The number of rotatable bonds is 5. The zero-order valence-corrected chi connectivity index (χ0v) is 35.0. The molecule has 9 aromatic carbocycles. The molecule has 0 amide bonds. The van der Waals surface area contributed by atoms with Crippen molar-refractivity contribution in [3.8, 4) is 33.4 Å². The van der Waals surface area contributed by atoms with Crippen molar-refractivity contribution >= 4 is 70.1 Å². The standard InChI is InChI=1S/C57H45NS/c1-56(2,3)40-27-31-51(46(34-40)36-16-7-6-8-17-36)58(41-28-29-49-48(35-41)47-32-38-19-9-10-20-39(38)33-50(47)57(49,4)5)52-30-26-37-18-11-12-21-42(37)54(52)45-24-15-23-44-43-22-13-14-25-53(43)59-55(44)45/h6-35H,1-5H3. The zero-order chi connectivity index (χ0) is 40.0. The fourth-order valence-electron chi connectivity index (χ4n) is 9.69. The predicted octanol–water partition coefficient (Wildman–Crippen LogP) is 16.8. The molecule has 1 aliphatic carbocycles. The summed E-state index contributed by atoms with van der Waals surface area (Å²) in [6.45, 7) is 11.7. The Hall–Kier alpha value is -6.48. The minimum Gasteiger partial charge on any atom is -0.309 e. The maximum atomic E-state index is 2.56. The lowest BCUT2D eigenvalue weighted by Gasteiger charge is -2.32. The Morgan fingerprint density at radius 1 is 0.458 bits per heavy atom. The lowest BCUT2D eigenvalue weighted by atomic mass is 9.82. The summed E-state index contributed by atoms with van der Waals surface area (Å²) in [5.41, 5.74) is 14.9. The van der Waals surface area contributed by atoms with Gasteiger partial charge in [-0.1, -0.05) is 168 Å². The van der Waals surface area contributed by atoms with Crippen LogP contribution in [-0.4, -0.2) is 0 Å². The molecule has 0 bridgehead atoms. The quantitative estimate of drug-likeness (QED) is 0.168. The normalized spacial score (nSPS) is 13.3. The Morgan fingerprint density at radius 2 is 1.12 bits per heavy atom. The summed E-state index contributed by atoms with van der Waals surface area (Å²) in [4.78, 5) is 2.56. The van der Waals surface area contributed by atoms with Gasteiger partial charge in [0.1, 0.15) is 0 Å². The zero-order valence-electron chi connectivity index (χ0n) is 34.2. The molecule has 59 heavy (non-hydrogen) atoms. The smallest absolute Gasteiger partial charge is 0.0547 e. The number of hydrogen-bond donors (Lipinski definition) is 0. The van der Waals surface area contributed by atoms with E-state index in [2.05, 4.69) is 222 Å². The van der Waals surface area contributed by atoms with E-state index in [4.69, 9.17) is 0 Å². The molecule has 0 saturated heterocycles. The summed E-state index contributed by atoms with van der Waals surface area (Å²) in [5.74, 6) is 0. The predicted molar refractivity (Wildman–Crippen MR) is 256 cm³/mol. The fourth-order valence-corrected chi connectivity index (χ4v) is 10.9. The Kier molecular flexibility index (Phi) is 8.03. The monoisotopic (exact) mass is 775 g/mol. The summed E-state index contributed by atoms with van der Waals surface area (Å²) in [5, 5.41) is 7.64. The van der Waals surface area contributed by atoms with Crippen LogP contribution in [0.4, 0.5) is 17.1 Å². The SMILES string of the molecule is CC(C)(C)c1ccc(N(c2ccc3c(c2)-c2cc4ccccc4cc2C3(C)C)c2ccc3ccccc3c2-c2cccc3c2sc2ccccc23)c(-c2ccccc2)c1. The second-order valence-corrected chi connectivity index (χ2v) is 18.8. The van der Waals surface area contributed by atoms with Crippen LogP contribution < -0.4 is 4.90 Å². The first-order valence-corrected chi connectivity index (χ1v) is 21.6. The molecule has 0 saturated carbocycles. The van der Waals surface area contributed by atoms with Crippen molar-refractivity contribution in [2.45, 2.75) is 45.4 Å². The third-order valence-electron chi connectivity index (χ3n) is 12.8. The van der Waals surface area contributed by atoms with Crippen LogP contribution in [-0.2, 0) is 10.8 Å². The lowest BCUT2D eigenvalue weighted by Crippen LogP contribution is -2.17. The van der Waals surface area contributed by atoms with Crippen molar-refractivity contribution in [3.05, 3.63) is 199 Å². The molecule has 0 N–H and O–H groups in total. The van der Waals surface area contributed by atoms with E-state index in [0.717, 1.165) is 17.1 Å². The fraction of sp³-hybridized carbons (Fsp3) is 0.123. The highest BCUT2D eigenvalue weighted by molar-refractivity contribution is 7.26. The molecule has 1 heterocycles. The van der Waals surface area contributed by atoms with Gasteiger partial charge in [0.25, 0.3) is 0 Å². The number of benzene rings is 9. The Balaban J connectivity index is 1.25. The van der Waals surface area contributed by atoms with Crippen LogP contribution in [0.1, 0.15) is 51.3 Å². The van der Waals surface area contributed by atoms with E-state index >= 15 is 0 Å². The second-order valence-electron chi connectivity index (χ2n) is 17.7. The van der Waals surface area contributed by atoms with E-state index in [1.807, 2.05) is 11.3 Å². The molecule has 2 heteroatoms. The third-order valence-corrected chi connectivity index (χ3v) is 14.0.